The quantitative estimate of drug-likeness (QED) is 0.817. The van der Waals surface area contributed by atoms with Gasteiger partial charge in [-0.3, -0.25) is 9.69 Å². The van der Waals surface area contributed by atoms with E-state index in [4.69, 9.17) is 4.99 Å². The van der Waals surface area contributed by atoms with Crippen molar-refractivity contribution in [1.82, 2.24) is 9.88 Å². The molecule has 0 saturated heterocycles. The highest BCUT2D eigenvalue weighted by Gasteiger charge is 2.46. The summed E-state index contributed by atoms with van der Waals surface area (Å²) >= 11 is 0. The topological polar surface area (TPSA) is 63.7 Å². The van der Waals surface area contributed by atoms with Gasteiger partial charge in [0.05, 0.1) is 17.8 Å². The number of aromatic amines is 1. The van der Waals surface area contributed by atoms with Gasteiger partial charge in [-0.05, 0) is 12.8 Å². The van der Waals surface area contributed by atoms with Gasteiger partial charge in [0.2, 0.25) is 5.96 Å². The number of hydrogen-bond acceptors (Lipinski definition) is 4. The number of carbonyl (C=O) groups is 1. The molecule has 1 fully saturated rings. The molecule has 2 N–H and O–H groups in total. The van der Waals surface area contributed by atoms with Gasteiger partial charge in [-0.15, -0.1) is 0 Å². The summed E-state index contributed by atoms with van der Waals surface area (Å²) < 4.78 is 0. The van der Waals surface area contributed by atoms with Crippen LogP contribution in [0.4, 0.5) is 11.5 Å². The molecule has 4 rings (SSSR count). The van der Waals surface area contributed by atoms with Gasteiger partial charge in [-0.25, -0.2) is 4.99 Å². The molecule has 2 aliphatic heterocycles. The first-order valence-electron chi connectivity index (χ1n) is 7.26. The van der Waals surface area contributed by atoms with Crippen molar-refractivity contribution in [3.05, 3.63) is 11.8 Å². The molecule has 3 heterocycles. The summed E-state index contributed by atoms with van der Waals surface area (Å²) in [4.78, 5) is 24.5. The lowest BCUT2D eigenvalue weighted by Gasteiger charge is -2.37. The Bertz CT molecular complexity index is 605. The molecular formula is C14H19N5O. The lowest BCUT2D eigenvalue weighted by molar-refractivity contribution is 0.0866. The predicted molar refractivity (Wildman–Crippen MR) is 78.4 cm³/mol. The third kappa shape index (κ3) is 1.34. The molecule has 3 aliphatic rings. The Morgan fingerprint density at radius 3 is 3.00 bits per heavy atom. The van der Waals surface area contributed by atoms with E-state index in [1.807, 2.05) is 20.3 Å². The van der Waals surface area contributed by atoms with Crippen LogP contribution < -0.4 is 10.2 Å². The van der Waals surface area contributed by atoms with E-state index in [-0.39, 0.29) is 5.91 Å². The molecule has 0 aromatic carbocycles. The van der Waals surface area contributed by atoms with E-state index in [0.29, 0.717) is 12.1 Å². The number of fused-ring (bicyclic) bond motifs is 5. The fourth-order valence-corrected chi connectivity index (χ4v) is 3.71. The van der Waals surface area contributed by atoms with Crippen LogP contribution in [0.15, 0.2) is 11.2 Å². The molecule has 1 saturated carbocycles. The van der Waals surface area contributed by atoms with Crippen molar-refractivity contribution >= 4 is 23.4 Å². The van der Waals surface area contributed by atoms with Crippen LogP contribution in [0.1, 0.15) is 36.0 Å². The highest BCUT2D eigenvalue weighted by Crippen LogP contribution is 2.41. The summed E-state index contributed by atoms with van der Waals surface area (Å²) in [6, 6.07) is 0.751. The van der Waals surface area contributed by atoms with E-state index in [1.54, 1.807) is 4.90 Å². The summed E-state index contributed by atoms with van der Waals surface area (Å²) in [6.07, 6.45) is 6.70. The Morgan fingerprint density at radius 1 is 1.40 bits per heavy atom. The lowest BCUT2D eigenvalue weighted by atomic mass is 9.90. The minimum atomic E-state index is 0.0132. The largest absolute Gasteiger partial charge is 0.374 e. The van der Waals surface area contributed by atoms with Gasteiger partial charge in [-0.2, -0.15) is 0 Å². The predicted octanol–water partition coefficient (Wildman–Crippen LogP) is 1.63. The van der Waals surface area contributed by atoms with Crippen LogP contribution in [0.3, 0.4) is 0 Å². The Balaban J connectivity index is 1.86. The fourth-order valence-electron chi connectivity index (χ4n) is 3.71. The molecule has 1 aromatic heterocycles. The zero-order valence-corrected chi connectivity index (χ0v) is 11.8. The summed E-state index contributed by atoms with van der Waals surface area (Å²) in [6.45, 7) is 0. The van der Waals surface area contributed by atoms with Gasteiger partial charge in [0, 0.05) is 20.3 Å². The summed E-state index contributed by atoms with van der Waals surface area (Å²) in [7, 11) is 3.65. The van der Waals surface area contributed by atoms with Gasteiger partial charge < -0.3 is 15.2 Å². The number of aromatic nitrogens is 1. The number of aliphatic imine (C=N–C) groups is 1. The maximum absolute atomic E-state index is 12.6. The van der Waals surface area contributed by atoms with Crippen molar-refractivity contribution in [2.75, 3.05) is 24.3 Å². The standard InChI is InChI=1S/C14H19N5O/c1-15-12-11-10(7-16-12)19-9-6-4-3-5-8(9)17-14(19)18(2)13(11)20/h7-9,15-16H,3-6H2,1-2H3. The molecular weight excluding hydrogens is 254 g/mol. The second-order valence-electron chi connectivity index (χ2n) is 5.76. The van der Waals surface area contributed by atoms with Crippen molar-refractivity contribution in [1.29, 1.82) is 0 Å². The van der Waals surface area contributed by atoms with Crippen molar-refractivity contribution in [2.24, 2.45) is 4.99 Å². The molecule has 6 heteroatoms. The maximum Gasteiger partial charge on any atom is 0.266 e. The number of anilines is 2. The molecule has 2 unspecified atom stereocenters. The number of amides is 1. The third-order valence-corrected chi connectivity index (χ3v) is 4.71. The molecule has 20 heavy (non-hydrogen) atoms. The number of guanidine groups is 1. The van der Waals surface area contributed by atoms with Crippen LogP contribution in [0.5, 0.6) is 0 Å². The van der Waals surface area contributed by atoms with E-state index in [9.17, 15) is 4.79 Å². The summed E-state index contributed by atoms with van der Waals surface area (Å²) in [5.41, 5.74) is 1.71. The monoisotopic (exact) mass is 273 g/mol. The van der Waals surface area contributed by atoms with E-state index in [2.05, 4.69) is 15.2 Å². The first-order chi connectivity index (χ1) is 9.72. The zero-order chi connectivity index (χ0) is 13.9. The number of hydrogen-bond donors (Lipinski definition) is 2. The third-order valence-electron chi connectivity index (χ3n) is 4.71. The number of carbonyl (C=O) groups excluding carboxylic acids is 1. The molecule has 1 aliphatic carbocycles. The second kappa shape index (κ2) is 4.01. The molecule has 106 valence electrons. The van der Waals surface area contributed by atoms with Crippen LogP contribution in [-0.4, -0.2) is 47.9 Å². The van der Waals surface area contributed by atoms with E-state index < -0.39 is 0 Å². The highest BCUT2D eigenvalue weighted by molar-refractivity contribution is 6.21. The van der Waals surface area contributed by atoms with Gasteiger partial charge >= 0.3 is 0 Å². The van der Waals surface area contributed by atoms with Crippen LogP contribution in [0.2, 0.25) is 0 Å². The number of rotatable bonds is 1. The average molecular weight is 273 g/mol. The van der Waals surface area contributed by atoms with Crippen molar-refractivity contribution in [3.8, 4) is 0 Å². The van der Waals surface area contributed by atoms with E-state index in [0.717, 1.165) is 35.9 Å². The summed E-state index contributed by atoms with van der Waals surface area (Å²) in [5, 5.41) is 3.07. The minimum absolute atomic E-state index is 0.0132. The van der Waals surface area contributed by atoms with Gasteiger partial charge in [-0.1, -0.05) is 12.8 Å². The Kier molecular flexibility index (Phi) is 2.37. The zero-order valence-electron chi connectivity index (χ0n) is 11.8. The van der Waals surface area contributed by atoms with Crippen molar-refractivity contribution in [2.45, 2.75) is 37.8 Å². The van der Waals surface area contributed by atoms with Gasteiger partial charge in [0.15, 0.2) is 0 Å². The second-order valence-corrected chi connectivity index (χ2v) is 5.76. The first-order valence-corrected chi connectivity index (χ1v) is 7.26. The molecule has 0 radical (unpaired) electrons. The Labute approximate surface area is 117 Å². The fraction of sp³-hybridized carbons (Fsp3) is 0.571. The number of nitrogens with one attached hydrogen (secondary N) is 2. The van der Waals surface area contributed by atoms with Crippen molar-refractivity contribution in [3.63, 3.8) is 0 Å². The molecule has 0 spiro atoms. The molecule has 1 amide bonds. The molecule has 1 aromatic rings. The smallest absolute Gasteiger partial charge is 0.266 e. The van der Waals surface area contributed by atoms with Gasteiger partial charge in [0.1, 0.15) is 11.4 Å². The molecule has 2 atom stereocenters. The number of H-pyrrole nitrogens is 1. The molecule has 0 bridgehead atoms. The van der Waals surface area contributed by atoms with Crippen LogP contribution >= 0.6 is 0 Å². The normalized spacial score (nSPS) is 27.9. The summed E-state index contributed by atoms with van der Waals surface area (Å²) in [5.74, 6) is 1.62. The molecule has 6 nitrogen and oxygen atoms in total. The SMILES string of the molecule is CNc1[nH]cc2c1C(=O)N(C)C1=NC3CCCCC3N12. The Hall–Kier alpha value is -1.98. The highest BCUT2D eigenvalue weighted by atomic mass is 16.2. The first kappa shape index (κ1) is 11.8. The van der Waals surface area contributed by atoms with E-state index in [1.165, 1.54) is 12.8 Å². The van der Waals surface area contributed by atoms with Gasteiger partial charge in [0.25, 0.3) is 5.91 Å². The minimum Gasteiger partial charge on any atom is -0.374 e. The van der Waals surface area contributed by atoms with Crippen LogP contribution in [-0.2, 0) is 0 Å². The van der Waals surface area contributed by atoms with Crippen molar-refractivity contribution < 1.29 is 4.79 Å². The lowest BCUT2D eigenvalue weighted by Crippen LogP contribution is -2.52. The van der Waals surface area contributed by atoms with E-state index >= 15 is 0 Å². The maximum atomic E-state index is 12.6. The average Bonchev–Trinajstić information content (AvgIpc) is 3.05. The van der Waals surface area contributed by atoms with Crippen LogP contribution in [0, 0.1) is 0 Å². The number of nitrogens with zero attached hydrogens (tertiary/aromatic N) is 3. The Morgan fingerprint density at radius 2 is 2.20 bits per heavy atom. The van der Waals surface area contributed by atoms with Crippen LogP contribution in [0.25, 0.3) is 0 Å².